The molecule has 0 spiro atoms. The fourth-order valence-corrected chi connectivity index (χ4v) is 3.46. The van der Waals surface area contributed by atoms with Gasteiger partial charge in [0.25, 0.3) is 5.91 Å². The molecule has 2 aliphatic rings. The van der Waals surface area contributed by atoms with Crippen molar-refractivity contribution in [2.45, 2.75) is 50.7 Å². The Morgan fingerprint density at radius 3 is 2.42 bits per heavy atom. The summed E-state index contributed by atoms with van der Waals surface area (Å²) in [5.74, 6) is 1.82. The highest BCUT2D eigenvalue weighted by Gasteiger charge is 2.40. The summed E-state index contributed by atoms with van der Waals surface area (Å²) < 4.78 is 17.0. The molecule has 132 valence electrons. The first-order chi connectivity index (χ1) is 11.6. The predicted molar refractivity (Wildman–Crippen MR) is 91.4 cm³/mol. The molecule has 5 nitrogen and oxygen atoms in total. The van der Waals surface area contributed by atoms with Gasteiger partial charge in [0, 0.05) is 32.5 Å². The summed E-state index contributed by atoms with van der Waals surface area (Å²) in [4.78, 5) is 14.7. The summed E-state index contributed by atoms with van der Waals surface area (Å²) in [5, 5.41) is 0. The van der Waals surface area contributed by atoms with E-state index < -0.39 is 5.60 Å². The Bertz CT molecular complexity index is 543. The van der Waals surface area contributed by atoms with Crippen LogP contribution in [0.3, 0.4) is 0 Å². The molecular weight excluding hydrogens is 306 g/mol. The van der Waals surface area contributed by atoms with Gasteiger partial charge in [-0.15, -0.1) is 0 Å². The molecule has 0 aromatic heterocycles. The fourth-order valence-electron chi connectivity index (χ4n) is 3.46. The highest BCUT2D eigenvalue weighted by molar-refractivity contribution is 5.85. The first kappa shape index (κ1) is 17.1. The van der Waals surface area contributed by atoms with Gasteiger partial charge in [-0.1, -0.05) is 0 Å². The summed E-state index contributed by atoms with van der Waals surface area (Å²) in [6, 6.07) is 7.64. The van der Waals surface area contributed by atoms with Crippen LogP contribution in [0.25, 0.3) is 0 Å². The number of amides is 1. The third kappa shape index (κ3) is 3.83. The molecule has 1 atom stereocenters. The SMILES string of the molecule is COc1ccc(OC2CCN(C(=O)C3(C)CCCCO3)CC2)cc1. The van der Waals surface area contributed by atoms with Crippen molar-refractivity contribution in [2.75, 3.05) is 26.8 Å². The van der Waals surface area contributed by atoms with Crippen molar-refractivity contribution in [3.05, 3.63) is 24.3 Å². The minimum absolute atomic E-state index is 0.144. The second kappa shape index (κ2) is 7.43. The summed E-state index contributed by atoms with van der Waals surface area (Å²) in [6.45, 7) is 4.10. The summed E-state index contributed by atoms with van der Waals surface area (Å²) in [5.41, 5.74) is -0.623. The molecule has 1 unspecified atom stereocenters. The van der Waals surface area contributed by atoms with Crippen LogP contribution >= 0.6 is 0 Å². The van der Waals surface area contributed by atoms with Crippen molar-refractivity contribution in [1.82, 2.24) is 4.90 Å². The normalized spacial score (nSPS) is 25.3. The van der Waals surface area contributed by atoms with Crippen LogP contribution in [0.15, 0.2) is 24.3 Å². The second-order valence-corrected chi connectivity index (χ2v) is 6.82. The van der Waals surface area contributed by atoms with E-state index in [9.17, 15) is 4.79 Å². The molecule has 24 heavy (non-hydrogen) atoms. The summed E-state index contributed by atoms with van der Waals surface area (Å²) in [7, 11) is 1.65. The van der Waals surface area contributed by atoms with Crippen molar-refractivity contribution in [2.24, 2.45) is 0 Å². The zero-order valence-corrected chi connectivity index (χ0v) is 14.6. The van der Waals surface area contributed by atoms with Crippen LogP contribution in [-0.2, 0) is 9.53 Å². The third-order valence-corrected chi connectivity index (χ3v) is 5.01. The number of carbonyl (C=O) groups excluding carboxylic acids is 1. The van der Waals surface area contributed by atoms with Crippen molar-refractivity contribution < 1.29 is 19.0 Å². The van der Waals surface area contributed by atoms with E-state index in [0.29, 0.717) is 6.61 Å². The van der Waals surface area contributed by atoms with Crippen LogP contribution in [-0.4, -0.2) is 49.3 Å². The van der Waals surface area contributed by atoms with Gasteiger partial charge in [-0.3, -0.25) is 4.79 Å². The molecular formula is C19H27NO4. The Morgan fingerprint density at radius 1 is 1.17 bits per heavy atom. The van der Waals surface area contributed by atoms with Crippen molar-refractivity contribution in [3.8, 4) is 11.5 Å². The second-order valence-electron chi connectivity index (χ2n) is 6.82. The Kier molecular flexibility index (Phi) is 5.29. The summed E-state index contributed by atoms with van der Waals surface area (Å²) in [6.07, 6.45) is 4.82. The zero-order valence-electron chi connectivity index (χ0n) is 14.6. The van der Waals surface area contributed by atoms with Gasteiger partial charge >= 0.3 is 0 Å². The van der Waals surface area contributed by atoms with Crippen LogP contribution in [0.1, 0.15) is 39.0 Å². The molecule has 2 saturated heterocycles. The lowest BCUT2D eigenvalue weighted by atomic mass is 9.93. The number of ether oxygens (including phenoxy) is 3. The molecule has 0 radical (unpaired) electrons. The number of nitrogens with zero attached hydrogens (tertiary/aromatic N) is 1. The van der Waals surface area contributed by atoms with E-state index in [2.05, 4.69) is 0 Å². The molecule has 2 heterocycles. The number of hydrogen-bond acceptors (Lipinski definition) is 4. The van der Waals surface area contributed by atoms with Crippen LogP contribution in [0.2, 0.25) is 0 Å². The Labute approximate surface area is 143 Å². The predicted octanol–water partition coefficient (Wildman–Crippen LogP) is 3.02. The molecule has 5 heteroatoms. The number of methoxy groups -OCH3 is 1. The lowest BCUT2D eigenvalue weighted by Gasteiger charge is -2.40. The standard InChI is InChI=1S/C19H27NO4/c1-19(11-3-4-14-23-19)18(21)20-12-9-17(10-13-20)24-16-7-5-15(22-2)6-8-16/h5-8,17H,3-4,9-14H2,1-2H3. The van der Waals surface area contributed by atoms with E-state index in [-0.39, 0.29) is 12.0 Å². The molecule has 2 aliphatic heterocycles. The first-order valence-corrected chi connectivity index (χ1v) is 8.85. The van der Waals surface area contributed by atoms with E-state index in [1.807, 2.05) is 36.1 Å². The largest absolute Gasteiger partial charge is 0.497 e. The minimum Gasteiger partial charge on any atom is -0.497 e. The van der Waals surface area contributed by atoms with E-state index in [1.165, 1.54) is 0 Å². The number of hydrogen-bond donors (Lipinski definition) is 0. The van der Waals surface area contributed by atoms with E-state index in [0.717, 1.165) is 56.7 Å². The van der Waals surface area contributed by atoms with Crippen LogP contribution in [0, 0.1) is 0 Å². The van der Waals surface area contributed by atoms with E-state index in [1.54, 1.807) is 7.11 Å². The van der Waals surface area contributed by atoms with Gasteiger partial charge in [-0.05, 0) is 50.5 Å². The Hall–Kier alpha value is -1.75. The van der Waals surface area contributed by atoms with E-state index in [4.69, 9.17) is 14.2 Å². The van der Waals surface area contributed by atoms with Crippen LogP contribution < -0.4 is 9.47 Å². The smallest absolute Gasteiger partial charge is 0.254 e. The summed E-state index contributed by atoms with van der Waals surface area (Å²) >= 11 is 0. The molecule has 1 aromatic rings. The van der Waals surface area contributed by atoms with Gasteiger partial charge in [-0.25, -0.2) is 0 Å². The molecule has 1 aromatic carbocycles. The molecule has 3 rings (SSSR count). The fraction of sp³-hybridized carbons (Fsp3) is 0.632. The van der Waals surface area contributed by atoms with Crippen molar-refractivity contribution >= 4 is 5.91 Å². The van der Waals surface area contributed by atoms with Gasteiger partial charge in [0.15, 0.2) is 0 Å². The minimum atomic E-state index is -0.623. The average molecular weight is 333 g/mol. The maximum absolute atomic E-state index is 12.8. The molecule has 0 aliphatic carbocycles. The third-order valence-electron chi connectivity index (χ3n) is 5.01. The highest BCUT2D eigenvalue weighted by Crippen LogP contribution is 2.28. The molecule has 1 amide bonds. The van der Waals surface area contributed by atoms with E-state index >= 15 is 0 Å². The molecule has 0 N–H and O–H groups in total. The highest BCUT2D eigenvalue weighted by atomic mass is 16.5. The van der Waals surface area contributed by atoms with Crippen LogP contribution in [0.4, 0.5) is 0 Å². The first-order valence-electron chi connectivity index (χ1n) is 8.85. The maximum atomic E-state index is 12.8. The van der Waals surface area contributed by atoms with Crippen molar-refractivity contribution in [1.29, 1.82) is 0 Å². The Morgan fingerprint density at radius 2 is 1.83 bits per heavy atom. The van der Waals surface area contributed by atoms with Gasteiger partial charge in [0.2, 0.25) is 0 Å². The number of rotatable bonds is 4. The maximum Gasteiger partial charge on any atom is 0.254 e. The van der Waals surface area contributed by atoms with Crippen molar-refractivity contribution in [3.63, 3.8) is 0 Å². The molecule has 0 bridgehead atoms. The quantitative estimate of drug-likeness (QED) is 0.850. The van der Waals surface area contributed by atoms with Gasteiger partial charge in [-0.2, -0.15) is 0 Å². The van der Waals surface area contributed by atoms with Gasteiger partial charge < -0.3 is 19.1 Å². The molecule has 0 saturated carbocycles. The van der Waals surface area contributed by atoms with Crippen LogP contribution in [0.5, 0.6) is 11.5 Å². The zero-order chi connectivity index (χ0) is 17.0. The lowest BCUT2D eigenvalue weighted by Crippen LogP contribution is -2.53. The number of carbonyl (C=O) groups is 1. The topological polar surface area (TPSA) is 48.0 Å². The lowest BCUT2D eigenvalue weighted by molar-refractivity contribution is -0.163. The Balaban J connectivity index is 1.50. The average Bonchev–Trinajstić information content (AvgIpc) is 2.63. The number of likely N-dealkylation sites (tertiary alicyclic amines) is 1. The van der Waals surface area contributed by atoms with Gasteiger partial charge in [0.1, 0.15) is 23.2 Å². The monoisotopic (exact) mass is 333 g/mol. The number of piperidine rings is 1. The molecule has 2 fully saturated rings. The van der Waals surface area contributed by atoms with Gasteiger partial charge in [0.05, 0.1) is 7.11 Å². The number of benzene rings is 1.